The van der Waals surface area contributed by atoms with Gasteiger partial charge in [-0.15, -0.1) is 0 Å². The van der Waals surface area contributed by atoms with E-state index in [1.807, 2.05) is 12.1 Å². The minimum absolute atomic E-state index is 0.0633. The summed E-state index contributed by atoms with van der Waals surface area (Å²) >= 11 is 3.64. The van der Waals surface area contributed by atoms with E-state index in [1.54, 1.807) is 17.8 Å². The standard InChI is InChI=1S/C15H16BrN3O2/c1-18-7-10(8-18)11-4-3-9(5-12(11)16)14-6-13(15(20)21)17-19(14)2/h3-6,10H,7-8H2,1-2H3,(H,20,21). The number of likely N-dealkylation sites (tertiary alicyclic amines) is 1. The Morgan fingerprint density at radius 1 is 1.33 bits per heavy atom. The highest BCUT2D eigenvalue weighted by Crippen LogP contribution is 2.34. The van der Waals surface area contributed by atoms with Gasteiger partial charge in [-0.05, 0) is 24.7 Å². The molecule has 0 aliphatic carbocycles. The van der Waals surface area contributed by atoms with Crippen molar-refractivity contribution < 1.29 is 9.90 Å². The molecule has 1 saturated heterocycles. The molecule has 110 valence electrons. The van der Waals surface area contributed by atoms with Crippen molar-refractivity contribution in [3.05, 3.63) is 40.0 Å². The van der Waals surface area contributed by atoms with Gasteiger partial charge < -0.3 is 10.0 Å². The predicted molar refractivity (Wildman–Crippen MR) is 83.5 cm³/mol. The Labute approximate surface area is 131 Å². The summed E-state index contributed by atoms with van der Waals surface area (Å²) < 4.78 is 2.67. The lowest BCUT2D eigenvalue weighted by Crippen LogP contribution is -2.41. The SMILES string of the molecule is CN1CC(c2ccc(-c3cc(C(=O)O)nn3C)cc2Br)C1. The number of halogens is 1. The molecule has 0 bridgehead atoms. The van der Waals surface area contributed by atoms with E-state index in [0.717, 1.165) is 28.8 Å². The number of rotatable bonds is 3. The predicted octanol–water partition coefficient (Wildman–Crippen LogP) is 2.58. The second kappa shape index (κ2) is 5.27. The molecule has 2 aromatic rings. The van der Waals surface area contributed by atoms with E-state index in [-0.39, 0.29) is 5.69 Å². The van der Waals surface area contributed by atoms with Crippen molar-refractivity contribution in [2.45, 2.75) is 5.92 Å². The molecule has 0 atom stereocenters. The first-order valence-electron chi connectivity index (χ1n) is 6.71. The van der Waals surface area contributed by atoms with Gasteiger partial charge in [0.1, 0.15) is 0 Å². The van der Waals surface area contributed by atoms with Crippen molar-refractivity contribution in [3.63, 3.8) is 0 Å². The van der Waals surface area contributed by atoms with Crippen LogP contribution in [0.5, 0.6) is 0 Å². The van der Waals surface area contributed by atoms with E-state index in [9.17, 15) is 4.79 Å². The van der Waals surface area contributed by atoms with Crippen LogP contribution in [0.25, 0.3) is 11.3 Å². The average Bonchev–Trinajstić information content (AvgIpc) is 2.78. The summed E-state index contributed by atoms with van der Waals surface area (Å²) in [5.41, 5.74) is 3.12. The van der Waals surface area contributed by atoms with Crippen molar-refractivity contribution in [1.82, 2.24) is 14.7 Å². The Balaban J connectivity index is 1.93. The van der Waals surface area contributed by atoms with Crippen molar-refractivity contribution in [1.29, 1.82) is 0 Å². The minimum Gasteiger partial charge on any atom is -0.476 e. The van der Waals surface area contributed by atoms with Crippen LogP contribution in [0, 0.1) is 0 Å². The van der Waals surface area contributed by atoms with Gasteiger partial charge in [-0.1, -0.05) is 28.1 Å². The number of likely N-dealkylation sites (N-methyl/N-ethyl adjacent to an activating group) is 1. The van der Waals surface area contributed by atoms with E-state index in [0.29, 0.717) is 5.92 Å². The summed E-state index contributed by atoms with van der Waals surface area (Å²) in [6, 6.07) is 7.78. The number of hydrogen-bond donors (Lipinski definition) is 1. The molecule has 1 aliphatic rings. The molecule has 6 heteroatoms. The van der Waals surface area contributed by atoms with E-state index in [2.05, 4.69) is 39.0 Å². The van der Waals surface area contributed by atoms with E-state index >= 15 is 0 Å². The number of nitrogens with zero attached hydrogens (tertiary/aromatic N) is 3. The van der Waals surface area contributed by atoms with Crippen molar-refractivity contribution in [2.75, 3.05) is 20.1 Å². The largest absolute Gasteiger partial charge is 0.476 e. The van der Waals surface area contributed by atoms with Crippen molar-refractivity contribution in [3.8, 4) is 11.3 Å². The summed E-state index contributed by atoms with van der Waals surface area (Å²) in [6.07, 6.45) is 0. The fourth-order valence-corrected chi connectivity index (χ4v) is 3.46. The van der Waals surface area contributed by atoms with E-state index in [4.69, 9.17) is 5.11 Å². The Hall–Kier alpha value is -1.66. The van der Waals surface area contributed by atoms with Crippen molar-refractivity contribution >= 4 is 21.9 Å². The zero-order valence-corrected chi connectivity index (χ0v) is 13.5. The molecule has 0 amide bonds. The zero-order valence-electron chi connectivity index (χ0n) is 11.9. The van der Waals surface area contributed by atoms with Gasteiger partial charge in [-0.25, -0.2) is 4.79 Å². The van der Waals surface area contributed by atoms with Gasteiger partial charge >= 0.3 is 5.97 Å². The summed E-state index contributed by atoms with van der Waals surface area (Å²) in [6.45, 7) is 2.15. The van der Waals surface area contributed by atoms with E-state index < -0.39 is 5.97 Å². The van der Waals surface area contributed by atoms with Gasteiger partial charge in [0, 0.05) is 36.1 Å². The zero-order chi connectivity index (χ0) is 15.1. The lowest BCUT2D eigenvalue weighted by molar-refractivity contribution is 0.0689. The lowest BCUT2D eigenvalue weighted by atomic mass is 9.91. The molecule has 0 saturated carbocycles. The Kier molecular flexibility index (Phi) is 3.59. The lowest BCUT2D eigenvalue weighted by Gasteiger charge is -2.37. The number of benzene rings is 1. The number of carboxylic acids is 1. The molecule has 2 heterocycles. The average molecular weight is 350 g/mol. The highest BCUT2D eigenvalue weighted by molar-refractivity contribution is 9.10. The first-order chi connectivity index (χ1) is 9.95. The third-order valence-electron chi connectivity index (χ3n) is 3.90. The molecule has 0 unspecified atom stereocenters. The van der Waals surface area contributed by atoms with Crippen LogP contribution in [0.15, 0.2) is 28.7 Å². The first kappa shape index (κ1) is 14.3. The Morgan fingerprint density at radius 2 is 2.05 bits per heavy atom. The van der Waals surface area contributed by atoms with Gasteiger partial charge in [-0.3, -0.25) is 4.68 Å². The number of aryl methyl sites for hydroxylation is 1. The molecule has 3 rings (SSSR count). The van der Waals surface area contributed by atoms with Crippen LogP contribution in [-0.2, 0) is 7.05 Å². The topological polar surface area (TPSA) is 58.4 Å². The number of carbonyl (C=O) groups is 1. The molecule has 0 radical (unpaired) electrons. The third-order valence-corrected chi connectivity index (χ3v) is 4.59. The number of hydrogen-bond acceptors (Lipinski definition) is 3. The quantitative estimate of drug-likeness (QED) is 0.925. The van der Waals surface area contributed by atoms with Crippen molar-refractivity contribution in [2.24, 2.45) is 7.05 Å². The third kappa shape index (κ3) is 2.61. The van der Waals surface area contributed by atoms with Crippen LogP contribution in [0.4, 0.5) is 0 Å². The molecule has 1 aromatic heterocycles. The summed E-state index contributed by atoms with van der Waals surface area (Å²) in [7, 11) is 3.87. The maximum absolute atomic E-state index is 11.0. The molecule has 1 aliphatic heterocycles. The first-order valence-corrected chi connectivity index (χ1v) is 7.50. The maximum atomic E-state index is 11.0. The van der Waals surface area contributed by atoms with Gasteiger partial charge in [0.25, 0.3) is 0 Å². The molecular formula is C15H16BrN3O2. The fourth-order valence-electron chi connectivity index (χ4n) is 2.76. The smallest absolute Gasteiger partial charge is 0.356 e. The van der Waals surface area contributed by atoms with Gasteiger partial charge in [-0.2, -0.15) is 5.10 Å². The summed E-state index contributed by atoms with van der Waals surface area (Å²) in [4.78, 5) is 13.3. The van der Waals surface area contributed by atoms with Crippen LogP contribution >= 0.6 is 15.9 Å². The normalized spacial score (nSPS) is 16.0. The van der Waals surface area contributed by atoms with Gasteiger partial charge in [0.05, 0.1) is 5.69 Å². The summed E-state index contributed by atoms with van der Waals surface area (Å²) in [5, 5.41) is 13.0. The molecular weight excluding hydrogens is 334 g/mol. The van der Waals surface area contributed by atoms with E-state index in [1.165, 1.54) is 5.56 Å². The second-order valence-corrected chi connectivity index (χ2v) is 6.35. The Morgan fingerprint density at radius 3 is 2.57 bits per heavy atom. The highest BCUT2D eigenvalue weighted by atomic mass is 79.9. The van der Waals surface area contributed by atoms with Gasteiger partial charge in [0.15, 0.2) is 5.69 Å². The molecule has 5 nitrogen and oxygen atoms in total. The minimum atomic E-state index is -1.01. The number of aromatic carboxylic acids is 1. The second-order valence-electron chi connectivity index (χ2n) is 5.50. The van der Waals surface area contributed by atoms with Crippen LogP contribution in [0.2, 0.25) is 0 Å². The highest BCUT2D eigenvalue weighted by Gasteiger charge is 2.26. The van der Waals surface area contributed by atoms with Crippen LogP contribution in [0.3, 0.4) is 0 Å². The Bertz CT molecular complexity index is 705. The van der Waals surface area contributed by atoms with Crippen LogP contribution in [-0.4, -0.2) is 45.9 Å². The van der Waals surface area contributed by atoms with Gasteiger partial charge in [0.2, 0.25) is 0 Å². The molecule has 1 aromatic carbocycles. The van der Waals surface area contributed by atoms with Crippen LogP contribution in [0.1, 0.15) is 22.0 Å². The number of carboxylic acid groups (broad SMARTS) is 1. The monoisotopic (exact) mass is 349 g/mol. The molecule has 1 N–H and O–H groups in total. The molecule has 1 fully saturated rings. The molecule has 21 heavy (non-hydrogen) atoms. The number of aromatic nitrogens is 2. The molecule has 0 spiro atoms. The van der Waals surface area contributed by atoms with Crippen LogP contribution < -0.4 is 0 Å². The summed E-state index contributed by atoms with van der Waals surface area (Å²) in [5.74, 6) is -0.440. The fraction of sp³-hybridized carbons (Fsp3) is 0.333. The maximum Gasteiger partial charge on any atom is 0.356 e.